The van der Waals surface area contributed by atoms with Gasteiger partial charge in [0.1, 0.15) is 46.5 Å². The molecule has 386 valence electrons. The number of ether oxygens (including phenoxy) is 5. The molecule has 3 saturated heterocycles. The van der Waals surface area contributed by atoms with Gasteiger partial charge in [-0.3, -0.25) is 34.2 Å². The van der Waals surface area contributed by atoms with Gasteiger partial charge in [-0.05, 0) is 89.8 Å². The summed E-state index contributed by atoms with van der Waals surface area (Å²) in [6.07, 6.45) is 4.10. The molecule has 5 amide bonds. The lowest BCUT2D eigenvalue weighted by molar-refractivity contribution is -0.162. The summed E-state index contributed by atoms with van der Waals surface area (Å²) >= 11 is 8.20. The number of epoxide rings is 1. The number of esters is 1. The molecule has 1 aromatic rings. The highest BCUT2D eigenvalue weighted by molar-refractivity contribution is 8.02. The van der Waals surface area contributed by atoms with E-state index < -0.39 is 75.7 Å². The molecular formula is C51H71ClN4O13S. The molecule has 1 aliphatic carbocycles. The highest BCUT2D eigenvalue weighted by atomic mass is 35.5. The number of likely N-dealkylation sites (tertiary alicyclic amines) is 1. The number of halogens is 1. The highest BCUT2D eigenvalue weighted by Gasteiger charge is 2.64. The Hall–Kier alpha value is -4.49. The smallest absolute Gasteiger partial charge is 0.409 e. The van der Waals surface area contributed by atoms with E-state index >= 15 is 0 Å². The maximum absolute atomic E-state index is 14.4. The van der Waals surface area contributed by atoms with Gasteiger partial charge in [-0.2, -0.15) is 0 Å². The summed E-state index contributed by atoms with van der Waals surface area (Å²) in [4.78, 5) is 97.8. The van der Waals surface area contributed by atoms with Crippen molar-refractivity contribution in [3.63, 3.8) is 0 Å². The fourth-order valence-electron chi connectivity index (χ4n) is 10.2. The van der Waals surface area contributed by atoms with Crippen LogP contribution < -0.4 is 15.0 Å². The molecule has 9 unspecified atom stereocenters. The molecule has 4 fully saturated rings. The molecule has 0 spiro atoms. The second kappa shape index (κ2) is 22.1. The fourth-order valence-corrected chi connectivity index (χ4v) is 12.0. The lowest BCUT2D eigenvalue weighted by atomic mass is 9.80. The number of carbonyl (C=O) groups excluding carboxylic acids is 7. The Balaban J connectivity index is 1.16. The van der Waals surface area contributed by atoms with Gasteiger partial charge in [0, 0.05) is 63.6 Å². The van der Waals surface area contributed by atoms with Gasteiger partial charge in [0.2, 0.25) is 23.6 Å². The predicted octanol–water partition coefficient (Wildman–Crippen LogP) is 6.33. The molecule has 9 atom stereocenters. The molecule has 0 radical (unpaired) electrons. The monoisotopic (exact) mass is 1010 g/mol. The van der Waals surface area contributed by atoms with Crippen LogP contribution in [0.2, 0.25) is 5.02 Å². The van der Waals surface area contributed by atoms with Crippen molar-refractivity contribution < 1.29 is 62.4 Å². The third-order valence-electron chi connectivity index (χ3n) is 15.0. The van der Waals surface area contributed by atoms with Gasteiger partial charge in [-0.25, -0.2) is 9.59 Å². The van der Waals surface area contributed by atoms with Crippen molar-refractivity contribution in [2.24, 2.45) is 17.8 Å². The molecule has 1 aromatic carbocycles. The van der Waals surface area contributed by atoms with Crippen LogP contribution in [0.15, 0.2) is 35.9 Å². The van der Waals surface area contributed by atoms with Crippen LogP contribution in [0.4, 0.5) is 10.5 Å². The Morgan fingerprint density at radius 2 is 1.77 bits per heavy atom. The van der Waals surface area contributed by atoms with Gasteiger partial charge in [0.25, 0.3) is 0 Å². The second-order valence-electron chi connectivity index (χ2n) is 20.6. The molecular weight excluding hydrogens is 944 g/mol. The Labute approximate surface area is 420 Å². The number of alkyl carbamates (subject to hydrolysis) is 1. The van der Waals surface area contributed by atoms with Crippen LogP contribution in [0, 0.1) is 17.8 Å². The Kier molecular flexibility index (Phi) is 17.3. The van der Waals surface area contributed by atoms with E-state index in [1.165, 1.54) is 54.7 Å². The van der Waals surface area contributed by atoms with Crippen LogP contribution in [0.25, 0.3) is 0 Å². The summed E-state index contributed by atoms with van der Waals surface area (Å²) in [6, 6.07) is 2.45. The first-order chi connectivity index (χ1) is 32.8. The van der Waals surface area contributed by atoms with Crippen LogP contribution in [-0.4, -0.2) is 143 Å². The first kappa shape index (κ1) is 54.8. The number of fused-ring (bicyclic) bond motifs is 5. The predicted molar refractivity (Wildman–Crippen MR) is 263 cm³/mol. The van der Waals surface area contributed by atoms with Crippen molar-refractivity contribution >= 4 is 70.5 Å². The number of likely N-dealkylation sites (N-methyl/N-ethyl adjacent to an activating group) is 1. The first-order valence-corrected chi connectivity index (χ1v) is 25.4. The second-order valence-corrected chi connectivity index (χ2v) is 22.9. The average Bonchev–Trinajstić information content (AvgIpc) is 3.94. The number of thioether (sulfide) groups is 1. The van der Waals surface area contributed by atoms with Gasteiger partial charge in [-0.1, -0.05) is 56.2 Å². The molecule has 17 nitrogen and oxygen atoms in total. The van der Waals surface area contributed by atoms with Crippen molar-refractivity contribution in [2.75, 3.05) is 39.8 Å². The van der Waals surface area contributed by atoms with E-state index in [1.807, 2.05) is 26.8 Å². The molecule has 70 heavy (non-hydrogen) atoms. The number of imide groups is 1. The number of rotatable bonds is 13. The zero-order chi connectivity index (χ0) is 51.6. The van der Waals surface area contributed by atoms with Crippen molar-refractivity contribution in [3.8, 4) is 5.75 Å². The van der Waals surface area contributed by atoms with Gasteiger partial charge in [-0.15, -0.1) is 11.8 Å². The maximum atomic E-state index is 14.4. The molecule has 4 bridgehead atoms. The number of hydrogen-bond acceptors (Lipinski definition) is 14. The van der Waals surface area contributed by atoms with E-state index in [0.29, 0.717) is 30.8 Å². The number of ketones is 1. The Bertz CT molecular complexity index is 2270. The number of nitrogens with one attached hydrogen (secondary N) is 1. The summed E-state index contributed by atoms with van der Waals surface area (Å²) in [5.41, 5.74) is -1.12. The molecule has 6 rings (SSSR count). The van der Waals surface area contributed by atoms with Crippen LogP contribution in [0.1, 0.15) is 112 Å². The van der Waals surface area contributed by atoms with Gasteiger partial charge < -0.3 is 38.6 Å². The molecule has 4 aliphatic heterocycles. The quantitative estimate of drug-likeness (QED) is 0.126. The van der Waals surface area contributed by atoms with Gasteiger partial charge in [0.05, 0.1) is 30.6 Å². The van der Waals surface area contributed by atoms with Crippen LogP contribution in [0.5, 0.6) is 5.75 Å². The summed E-state index contributed by atoms with van der Waals surface area (Å²) in [5.74, 6) is -1.90. The summed E-state index contributed by atoms with van der Waals surface area (Å²) in [6.45, 7) is 12.7. The van der Waals surface area contributed by atoms with Crippen molar-refractivity contribution in [2.45, 2.75) is 164 Å². The number of aliphatic hydroxyl groups is 1. The first-order valence-electron chi connectivity index (χ1n) is 24.2. The van der Waals surface area contributed by atoms with E-state index in [-0.39, 0.29) is 66.0 Å². The topological polar surface area (TPSA) is 211 Å². The summed E-state index contributed by atoms with van der Waals surface area (Å²) in [7, 11) is 5.95. The number of Topliss-reactive ketones (excluding diaryl/α,β-unsaturated/α-hetero) is 1. The minimum atomic E-state index is -1.87. The third kappa shape index (κ3) is 12.4. The average molecular weight is 1020 g/mol. The number of hydrogen-bond donors (Lipinski definition) is 2. The van der Waals surface area contributed by atoms with E-state index in [2.05, 4.69) is 5.32 Å². The van der Waals surface area contributed by atoms with E-state index in [1.54, 1.807) is 52.1 Å². The van der Waals surface area contributed by atoms with Gasteiger partial charge >= 0.3 is 12.1 Å². The molecule has 1 saturated carbocycles. The number of methoxy groups -OCH3 is 2. The molecule has 0 aromatic heterocycles. The van der Waals surface area contributed by atoms with Gasteiger partial charge in [0.15, 0.2) is 5.72 Å². The SMILES string of the molecule is COc1cc2cc(c1Cl)N(C)C(=O)CC(OC(=O)C(C)N(C)C(=O)CCC(C)(C)SC1CC(=O)N(CC3CCC(C(C)=O)CC3)C1=O)C1(C)OC1C(C)C1CC(O)(NC(=O)O1)C(OC)/C=C/C=C(\C)C2. The number of anilines is 1. The lowest BCUT2D eigenvalue weighted by Gasteiger charge is -2.42. The largest absolute Gasteiger partial charge is 0.495 e. The molecule has 2 N–H and O–H groups in total. The van der Waals surface area contributed by atoms with E-state index in [4.69, 9.17) is 35.3 Å². The number of allylic oxidation sites excluding steroid dienone is 3. The third-order valence-corrected chi connectivity index (χ3v) is 16.9. The van der Waals surface area contributed by atoms with Crippen LogP contribution in [0.3, 0.4) is 0 Å². The molecule has 5 aliphatic rings. The van der Waals surface area contributed by atoms with Crippen LogP contribution in [-0.2, 0) is 54.1 Å². The normalized spacial score (nSPS) is 32.4. The standard InChI is InChI=1S/C51H71ClN4O13S/c1-28-13-12-14-39(66-11)51(64)26-37(67-48(63)53-51)29(2)45-50(7,69-45)40(25-42(59)55(9)35-22-33(21-28)23-36(65-10)44(35)52)68-47(62)30(3)54(8)41(58)19-20-49(5,6)70-38-24-43(60)56(46(38)61)27-32-15-17-34(18-16-32)31(4)57/h12-14,22-23,29-30,32,34,37-40,45,64H,15-21,24-27H2,1-11H3,(H,53,63)/b14-12+,28-13+. The van der Waals surface area contributed by atoms with E-state index in [0.717, 1.165) is 36.8 Å². The highest BCUT2D eigenvalue weighted by Crippen LogP contribution is 2.49. The number of amides is 5. The minimum Gasteiger partial charge on any atom is -0.495 e. The number of benzene rings is 1. The fraction of sp³-hybridized carbons (Fsp3) is 0.667. The minimum absolute atomic E-state index is 0.0266. The Morgan fingerprint density at radius 1 is 1.09 bits per heavy atom. The van der Waals surface area contributed by atoms with Crippen molar-refractivity contribution in [1.82, 2.24) is 15.1 Å². The molecule has 4 heterocycles. The summed E-state index contributed by atoms with van der Waals surface area (Å²) in [5, 5.41) is 14.0. The summed E-state index contributed by atoms with van der Waals surface area (Å²) < 4.78 is 28.9. The maximum Gasteiger partial charge on any atom is 0.409 e. The van der Waals surface area contributed by atoms with E-state index in [9.17, 15) is 38.7 Å². The zero-order valence-electron chi connectivity index (χ0n) is 42.3. The number of nitrogens with zero attached hydrogens (tertiary/aromatic N) is 3. The molecule has 19 heteroatoms. The number of carbonyl (C=O) groups is 7. The zero-order valence-corrected chi connectivity index (χ0v) is 43.9. The van der Waals surface area contributed by atoms with Crippen LogP contribution >= 0.6 is 23.4 Å². The lowest BCUT2D eigenvalue weighted by Crippen LogP contribution is -2.63. The van der Waals surface area contributed by atoms with Crippen molar-refractivity contribution in [1.29, 1.82) is 0 Å². The Morgan fingerprint density at radius 3 is 2.41 bits per heavy atom. The van der Waals surface area contributed by atoms with Crippen molar-refractivity contribution in [3.05, 3.63) is 46.5 Å².